The monoisotopic (exact) mass is 377 g/mol. The maximum atomic E-state index is 12.8. The van der Waals surface area contributed by atoms with Crippen LogP contribution in [0.15, 0.2) is 48.5 Å². The lowest BCUT2D eigenvalue weighted by Gasteiger charge is -2.29. The van der Waals surface area contributed by atoms with Crippen molar-refractivity contribution in [1.29, 1.82) is 0 Å². The Balaban J connectivity index is 1.32. The number of benzene rings is 2. The van der Waals surface area contributed by atoms with Gasteiger partial charge in [-0.25, -0.2) is 0 Å². The normalized spacial score (nSPS) is 20.1. The summed E-state index contributed by atoms with van der Waals surface area (Å²) < 4.78 is 0. The zero-order valence-corrected chi connectivity index (χ0v) is 15.8. The van der Waals surface area contributed by atoms with Gasteiger partial charge in [0.2, 0.25) is 17.7 Å². The summed E-state index contributed by atoms with van der Waals surface area (Å²) in [4.78, 5) is 38.2. The van der Waals surface area contributed by atoms with Crippen LogP contribution in [0.25, 0.3) is 0 Å². The standard InChI is InChI=1S/C22H23N3O3/c1-14(26)23-17-6-8-18(9-7-17)24-21(27)19-12-20(19)22(28)25-11-10-15-4-2-3-5-16(15)13-25/h2-9,19-20H,10-13H2,1H3,(H,23,26)(H,24,27). The molecule has 0 saturated heterocycles. The van der Waals surface area contributed by atoms with Crippen molar-refractivity contribution in [2.45, 2.75) is 26.3 Å². The van der Waals surface area contributed by atoms with Gasteiger partial charge in [0.15, 0.2) is 0 Å². The lowest BCUT2D eigenvalue weighted by molar-refractivity contribution is -0.135. The van der Waals surface area contributed by atoms with Gasteiger partial charge in [-0.2, -0.15) is 0 Å². The van der Waals surface area contributed by atoms with Crippen molar-refractivity contribution in [3.05, 3.63) is 59.7 Å². The van der Waals surface area contributed by atoms with E-state index in [-0.39, 0.29) is 29.6 Å². The molecule has 1 aliphatic heterocycles. The second-order valence-corrected chi connectivity index (χ2v) is 7.47. The molecule has 2 aromatic carbocycles. The van der Waals surface area contributed by atoms with Crippen LogP contribution in [-0.2, 0) is 27.3 Å². The Kier molecular flexibility index (Phi) is 4.86. The van der Waals surface area contributed by atoms with E-state index in [4.69, 9.17) is 0 Å². The summed E-state index contributed by atoms with van der Waals surface area (Å²) in [5.74, 6) is -0.668. The fraction of sp³-hybridized carbons (Fsp3) is 0.318. The van der Waals surface area contributed by atoms with Gasteiger partial charge in [-0.05, 0) is 48.2 Å². The lowest BCUT2D eigenvalue weighted by Crippen LogP contribution is -2.37. The molecule has 6 heteroatoms. The van der Waals surface area contributed by atoms with Crippen LogP contribution in [0.4, 0.5) is 11.4 Å². The van der Waals surface area contributed by atoms with Crippen molar-refractivity contribution < 1.29 is 14.4 Å². The van der Waals surface area contributed by atoms with E-state index in [0.29, 0.717) is 30.9 Å². The molecule has 1 fully saturated rings. The van der Waals surface area contributed by atoms with Gasteiger partial charge in [-0.15, -0.1) is 0 Å². The Morgan fingerprint density at radius 2 is 1.54 bits per heavy atom. The number of fused-ring (bicyclic) bond motifs is 1. The number of hydrogen-bond donors (Lipinski definition) is 2. The molecule has 4 rings (SSSR count). The summed E-state index contributed by atoms with van der Waals surface area (Å²) in [6.45, 7) is 2.79. The molecule has 1 heterocycles. The molecule has 2 unspecified atom stereocenters. The highest BCUT2D eigenvalue weighted by molar-refractivity contribution is 5.99. The number of carbonyl (C=O) groups excluding carboxylic acids is 3. The van der Waals surface area contributed by atoms with E-state index in [1.807, 2.05) is 17.0 Å². The maximum absolute atomic E-state index is 12.8. The third kappa shape index (κ3) is 3.91. The zero-order chi connectivity index (χ0) is 19.7. The van der Waals surface area contributed by atoms with Crippen LogP contribution in [0.5, 0.6) is 0 Å². The van der Waals surface area contributed by atoms with E-state index in [0.717, 1.165) is 6.42 Å². The Labute approximate surface area is 163 Å². The first kappa shape index (κ1) is 18.2. The molecule has 2 aliphatic rings. The second kappa shape index (κ2) is 7.46. The molecule has 2 aromatic rings. The second-order valence-electron chi connectivity index (χ2n) is 7.47. The average Bonchev–Trinajstić information content (AvgIpc) is 3.49. The van der Waals surface area contributed by atoms with E-state index in [2.05, 4.69) is 22.8 Å². The first-order chi connectivity index (χ1) is 13.5. The number of rotatable bonds is 4. The minimum atomic E-state index is -0.264. The molecule has 0 aromatic heterocycles. The molecule has 1 aliphatic carbocycles. The van der Waals surface area contributed by atoms with Gasteiger partial charge >= 0.3 is 0 Å². The van der Waals surface area contributed by atoms with E-state index < -0.39 is 0 Å². The smallest absolute Gasteiger partial charge is 0.228 e. The van der Waals surface area contributed by atoms with Crippen molar-refractivity contribution in [3.63, 3.8) is 0 Å². The number of hydrogen-bond acceptors (Lipinski definition) is 3. The molecule has 0 radical (unpaired) electrons. The zero-order valence-electron chi connectivity index (χ0n) is 15.8. The summed E-state index contributed by atoms with van der Waals surface area (Å²) in [5.41, 5.74) is 3.84. The molecule has 3 amide bonds. The van der Waals surface area contributed by atoms with Crippen molar-refractivity contribution in [3.8, 4) is 0 Å². The number of carbonyl (C=O) groups is 3. The van der Waals surface area contributed by atoms with Crippen LogP contribution in [0.3, 0.4) is 0 Å². The Bertz CT molecular complexity index is 923. The van der Waals surface area contributed by atoms with Crippen molar-refractivity contribution in [2.75, 3.05) is 17.2 Å². The highest BCUT2D eigenvalue weighted by atomic mass is 16.2. The lowest BCUT2D eigenvalue weighted by atomic mass is 9.99. The van der Waals surface area contributed by atoms with Gasteiger partial charge < -0.3 is 15.5 Å². The molecule has 6 nitrogen and oxygen atoms in total. The molecule has 0 bridgehead atoms. The quantitative estimate of drug-likeness (QED) is 0.860. The molecule has 2 atom stereocenters. The maximum Gasteiger partial charge on any atom is 0.228 e. The van der Waals surface area contributed by atoms with Crippen molar-refractivity contribution in [1.82, 2.24) is 4.90 Å². The van der Waals surface area contributed by atoms with Gasteiger partial charge in [-0.1, -0.05) is 24.3 Å². The van der Waals surface area contributed by atoms with Crippen LogP contribution in [0.2, 0.25) is 0 Å². The summed E-state index contributed by atoms with van der Waals surface area (Å²) in [6.07, 6.45) is 1.47. The van der Waals surface area contributed by atoms with Crippen LogP contribution in [0, 0.1) is 11.8 Å². The summed E-state index contributed by atoms with van der Waals surface area (Å²) in [5, 5.41) is 5.55. The van der Waals surface area contributed by atoms with Crippen LogP contribution < -0.4 is 10.6 Å². The minimum Gasteiger partial charge on any atom is -0.338 e. The predicted molar refractivity (Wildman–Crippen MR) is 107 cm³/mol. The van der Waals surface area contributed by atoms with Gasteiger partial charge in [0.05, 0.1) is 11.8 Å². The third-order valence-electron chi connectivity index (χ3n) is 5.36. The molecule has 1 saturated carbocycles. The van der Waals surface area contributed by atoms with E-state index >= 15 is 0 Å². The summed E-state index contributed by atoms with van der Waals surface area (Å²) in [6, 6.07) is 15.2. The topological polar surface area (TPSA) is 78.5 Å². The fourth-order valence-electron chi connectivity index (χ4n) is 3.75. The number of nitrogens with one attached hydrogen (secondary N) is 2. The van der Waals surface area contributed by atoms with Crippen LogP contribution >= 0.6 is 0 Å². The molecular weight excluding hydrogens is 354 g/mol. The molecule has 144 valence electrons. The van der Waals surface area contributed by atoms with E-state index in [1.54, 1.807) is 24.3 Å². The molecule has 28 heavy (non-hydrogen) atoms. The highest BCUT2D eigenvalue weighted by Crippen LogP contribution is 2.41. The summed E-state index contributed by atoms with van der Waals surface area (Å²) >= 11 is 0. The van der Waals surface area contributed by atoms with Gasteiger partial charge in [-0.3, -0.25) is 14.4 Å². The van der Waals surface area contributed by atoms with Crippen molar-refractivity contribution in [2.24, 2.45) is 11.8 Å². The average molecular weight is 377 g/mol. The molecule has 0 spiro atoms. The van der Waals surface area contributed by atoms with E-state index in [9.17, 15) is 14.4 Å². The van der Waals surface area contributed by atoms with Gasteiger partial charge in [0, 0.05) is 31.4 Å². The minimum absolute atomic E-state index is 0.0793. The van der Waals surface area contributed by atoms with Crippen LogP contribution in [-0.4, -0.2) is 29.2 Å². The first-order valence-electron chi connectivity index (χ1n) is 9.55. The Morgan fingerprint density at radius 3 is 2.21 bits per heavy atom. The van der Waals surface area contributed by atoms with Crippen LogP contribution in [0.1, 0.15) is 24.5 Å². The molecule has 2 N–H and O–H groups in total. The summed E-state index contributed by atoms with van der Waals surface area (Å²) in [7, 11) is 0. The first-order valence-corrected chi connectivity index (χ1v) is 9.55. The van der Waals surface area contributed by atoms with Gasteiger partial charge in [0.1, 0.15) is 0 Å². The highest BCUT2D eigenvalue weighted by Gasteiger charge is 2.49. The predicted octanol–water partition coefficient (Wildman–Crippen LogP) is 2.80. The molecular formula is C22H23N3O3. The number of nitrogens with zero attached hydrogens (tertiary/aromatic N) is 1. The van der Waals surface area contributed by atoms with Crippen molar-refractivity contribution >= 4 is 29.1 Å². The third-order valence-corrected chi connectivity index (χ3v) is 5.36. The fourth-order valence-corrected chi connectivity index (χ4v) is 3.75. The SMILES string of the molecule is CC(=O)Nc1ccc(NC(=O)C2CC2C(=O)N2CCc3ccccc3C2)cc1. The van der Waals surface area contributed by atoms with Gasteiger partial charge in [0.25, 0.3) is 0 Å². The number of anilines is 2. The number of amides is 3. The Hall–Kier alpha value is -3.15. The Morgan fingerprint density at radius 1 is 0.893 bits per heavy atom. The van der Waals surface area contributed by atoms with E-state index in [1.165, 1.54) is 18.1 Å². The largest absolute Gasteiger partial charge is 0.338 e.